The van der Waals surface area contributed by atoms with Crippen molar-refractivity contribution in [3.8, 4) is 0 Å². The normalized spacial score (nSPS) is 10.7. The number of nitrogens with zero attached hydrogens (tertiary/aromatic N) is 2. The second-order valence-electron chi connectivity index (χ2n) is 4.82. The molecule has 0 saturated carbocycles. The maximum absolute atomic E-state index is 12.7. The quantitative estimate of drug-likeness (QED) is 0.802. The van der Waals surface area contributed by atoms with E-state index in [4.69, 9.17) is 0 Å². The smallest absolute Gasteiger partial charge is 0.254 e. The lowest BCUT2D eigenvalue weighted by Gasteiger charge is -2.30. The molecule has 0 radical (unpaired) electrons. The van der Waals surface area contributed by atoms with Crippen LogP contribution in [0.2, 0.25) is 0 Å². The molecule has 2 N–H and O–H groups in total. The summed E-state index contributed by atoms with van der Waals surface area (Å²) in [5.41, 5.74) is 1.41. The Hall–Kier alpha value is -1.62. The molecule has 0 aliphatic rings. The summed E-state index contributed by atoms with van der Waals surface area (Å²) < 4.78 is 0. The molecular weight excluding hydrogens is 254 g/mol. The van der Waals surface area contributed by atoms with Crippen LogP contribution in [0.4, 0.5) is 5.82 Å². The van der Waals surface area contributed by atoms with Crippen molar-refractivity contribution in [2.75, 3.05) is 25.5 Å². The van der Waals surface area contributed by atoms with Crippen molar-refractivity contribution >= 4 is 11.7 Å². The number of hydrogen-bond donors (Lipinski definition) is 2. The van der Waals surface area contributed by atoms with Gasteiger partial charge in [0.2, 0.25) is 0 Å². The van der Waals surface area contributed by atoms with Gasteiger partial charge in [-0.3, -0.25) is 4.79 Å². The first kappa shape index (κ1) is 16.4. The van der Waals surface area contributed by atoms with E-state index in [0.717, 1.165) is 18.5 Å². The van der Waals surface area contributed by atoms with Crippen LogP contribution < -0.4 is 5.32 Å². The third-order valence-electron chi connectivity index (χ3n) is 3.44. The van der Waals surface area contributed by atoms with E-state index in [-0.39, 0.29) is 18.6 Å². The summed E-state index contributed by atoms with van der Waals surface area (Å²) >= 11 is 0. The molecule has 1 aromatic rings. The third kappa shape index (κ3) is 3.93. The number of nitrogens with one attached hydrogen (secondary N) is 1. The number of rotatable bonds is 7. The molecule has 0 aromatic carbocycles. The molecule has 5 heteroatoms. The van der Waals surface area contributed by atoms with Crippen molar-refractivity contribution in [2.45, 2.75) is 39.7 Å². The minimum absolute atomic E-state index is 0.0226. The largest absolute Gasteiger partial charge is 0.395 e. The number of aliphatic hydroxyl groups is 1. The summed E-state index contributed by atoms with van der Waals surface area (Å²) in [5, 5.41) is 12.2. The van der Waals surface area contributed by atoms with Crippen molar-refractivity contribution in [1.29, 1.82) is 0 Å². The number of amides is 1. The highest BCUT2D eigenvalue weighted by Gasteiger charge is 2.22. The fourth-order valence-electron chi connectivity index (χ4n) is 2.37. The lowest BCUT2D eigenvalue weighted by Crippen LogP contribution is -2.41. The molecule has 0 spiro atoms. The van der Waals surface area contributed by atoms with Crippen molar-refractivity contribution < 1.29 is 9.90 Å². The summed E-state index contributed by atoms with van der Waals surface area (Å²) in [6.07, 6.45) is 1.76. The number of aliphatic hydroxyl groups excluding tert-OH is 1. The Balaban J connectivity index is 3.08. The van der Waals surface area contributed by atoms with Crippen LogP contribution in [-0.2, 0) is 0 Å². The average molecular weight is 279 g/mol. The Morgan fingerprint density at radius 3 is 2.55 bits per heavy atom. The standard InChI is InChI=1S/C15H25N3O2/c1-5-13(6-2)18(7-8-19)15(20)12-9-11(3)17-14(10-12)16-4/h9-10,13,19H,5-8H2,1-4H3,(H,16,17). The van der Waals surface area contributed by atoms with Crippen LogP contribution in [0.15, 0.2) is 12.1 Å². The highest BCUT2D eigenvalue weighted by molar-refractivity contribution is 5.95. The number of aromatic nitrogens is 1. The summed E-state index contributed by atoms with van der Waals surface area (Å²) in [6.45, 7) is 6.32. The van der Waals surface area contributed by atoms with Gasteiger partial charge < -0.3 is 15.3 Å². The number of anilines is 1. The molecule has 0 saturated heterocycles. The van der Waals surface area contributed by atoms with Crippen molar-refractivity contribution in [1.82, 2.24) is 9.88 Å². The van der Waals surface area contributed by atoms with Crippen molar-refractivity contribution in [3.63, 3.8) is 0 Å². The number of hydrogen-bond acceptors (Lipinski definition) is 4. The number of aryl methyl sites for hydroxylation is 1. The Bertz CT molecular complexity index is 445. The SMILES string of the molecule is CCC(CC)N(CCO)C(=O)c1cc(C)nc(NC)c1. The van der Waals surface area contributed by atoms with Crippen LogP contribution in [0.1, 0.15) is 42.7 Å². The molecule has 0 atom stereocenters. The minimum atomic E-state index is -0.0465. The predicted octanol–water partition coefficient (Wildman–Crippen LogP) is 2.05. The minimum Gasteiger partial charge on any atom is -0.395 e. The van der Waals surface area contributed by atoms with E-state index in [1.807, 2.05) is 6.92 Å². The lowest BCUT2D eigenvalue weighted by atomic mass is 10.1. The van der Waals surface area contributed by atoms with Crippen molar-refractivity contribution in [2.24, 2.45) is 0 Å². The van der Waals surface area contributed by atoms with E-state index in [9.17, 15) is 9.90 Å². The average Bonchev–Trinajstić information content (AvgIpc) is 2.46. The van der Waals surface area contributed by atoms with Gasteiger partial charge in [0.15, 0.2) is 0 Å². The van der Waals surface area contributed by atoms with Crippen LogP contribution in [-0.4, -0.2) is 47.1 Å². The van der Waals surface area contributed by atoms with E-state index in [2.05, 4.69) is 24.1 Å². The summed E-state index contributed by atoms with van der Waals surface area (Å²) in [5.74, 6) is 0.636. The van der Waals surface area contributed by atoms with E-state index < -0.39 is 0 Å². The van der Waals surface area contributed by atoms with Gasteiger partial charge in [0.1, 0.15) is 5.82 Å². The maximum Gasteiger partial charge on any atom is 0.254 e. The van der Waals surface area contributed by atoms with E-state index >= 15 is 0 Å². The van der Waals surface area contributed by atoms with Gasteiger partial charge in [0, 0.05) is 30.9 Å². The van der Waals surface area contributed by atoms with Gasteiger partial charge in [-0.25, -0.2) is 4.98 Å². The van der Waals surface area contributed by atoms with Crippen molar-refractivity contribution in [3.05, 3.63) is 23.4 Å². The first-order chi connectivity index (χ1) is 9.57. The molecule has 0 fully saturated rings. The summed E-state index contributed by atoms with van der Waals surface area (Å²) in [7, 11) is 1.78. The highest BCUT2D eigenvalue weighted by Crippen LogP contribution is 2.16. The molecule has 1 aromatic heterocycles. The lowest BCUT2D eigenvalue weighted by molar-refractivity contribution is 0.0622. The summed E-state index contributed by atoms with van der Waals surface area (Å²) in [4.78, 5) is 18.7. The van der Waals surface area contributed by atoms with Crippen LogP contribution in [0.25, 0.3) is 0 Å². The zero-order valence-corrected chi connectivity index (χ0v) is 12.8. The molecule has 5 nitrogen and oxygen atoms in total. The van der Waals surface area contributed by atoms with Crippen LogP contribution >= 0.6 is 0 Å². The highest BCUT2D eigenvalue weighted by atomic mass is 16.3. The first-order valence-corrected chi connectivity index (χ1v) is 7.15. The predicted molar refractivity (Wildman–Crippen MR) is 81.0 cm³/mol. The van der Waals surface area contributed by atoms with Gasteiger partial charge in [0.05, 0.1) is 6.61 Å². The second kappa shape index (κ2) is 7.85. The van der Waals surface area contributed by atoms with Gasteiger partial charge in [-0.1, -0.05) is 13.8 Å². The Kier molecular flexibility index (Phi) is 6.45. The van der Waals surface area contributed by atoms with Gasteiger partial charge in [-0.15, -0.1) is 0 Å². The zero-order valence-electron chi connectivity index (χ0n) is 12.8. The Morgan fingerprint density at radius 1 is 1.40 bits per heavy atom. The molecule has 20 heavy (non-hydrogen) atoms. The van der Waals surface area contributed by atoms with Gasteiger partial charge >= 0.3 is 0 Å². The Morgan fingerprint density at radius 2 is 2.05 bits per heavy atom. The fourth-order valence-corrected chi connectivity index (χ4v) is 2.37. The zero-order chi connectivity index (χ0) is 15.1. The first-order valence-electron chi connectivity index (χ1n) is 7.15. The monoisotopic (exact) mass is 279 g/mol. The molecular formula is C15H25N3O2. The van der Waals surface area contributed by atoms with Crippen LogP contribution in [0, 0.1) is 6.92 Å². The van der Waals surface area contributed by atoms with Gasteiger partial charge in [-0.05, 0) is 31.9 Å². The number of carbonyl (C=O) groups excluding carboxylic acids is 1. The third-order valence-corrected chi connectivity index (χ3v) is 3.44. The molecule has 0 aliphatic heterocycles. The number of carbonyl (C=O) groups is 1. The molecule has 1 amide bonds. The molecule has 0 bridgehead atoms. The second-order valence-corrected chi connectivity index (χ2v) is 4.82. The van der Waals surface area contributed by atoms with E-state index in [1.165, 1.54) is 0 Å². The Labute approximate surface area is 121 Å². The van der Waals surface area contributed by atoms with Crippen LogP contribution in [0.5, 0.6) is 0 Å². The maximum atomic E-state index is 12.7. The fraction of sp³-hybridized carbons (Fsp3) is 0.600. The van der Waals surface area contributed by atoms with Gasteiger partial charge in [-0.2, -0.15) is 0 Å². The molecule has 0 unspecified atom stereocenters. The molecule has 1 heterocycles. The van der Waals surface area contributed by atoms with Crippen LogP contribution in [0.3, 0.4) is 0 Å². The topological polar surface area (TPSA) is 65.5 Å². The van der Waals surface area contributed by atoms with E-state index in [0.29, 0.717) is 17.9 Å². The number of pyridine rings is 1. The summed E-state index contributed by atoms with van der Waals surface area (Å²) in [6, 6.07) is 3.69. The van der Waals surface area contributed by atoms with Gasteiger partial charge in [0.25, 0.3) is 5.91 Å². The molecule has 1 rings (SSSR count). The van der Waals surface area contributed by atoms with E-state index in [1.54, 1.807) is 24.1 Å². The molecule has 112 valence electrons. The molecule has 0 aliphatic carbocycles.